The summed E-state index contributed by atoms with van der Waals surface area (Å²) < 4.78 is 1.86. The SMILES string of the molecule is CN(c1nccn2nccc12)C1CN(c2ccc(C3CC3)nn2)C1. The molecule has 3 aromatic rings. The van der Waals surface area contributed by atoms with Crippen molar-refractivity contribution < 1.29 is 0 Å². The first-order valence-corrected chi connectivity index (χ1v) is 8.39. The number of likely N-dealkylation sites (N-methyl/N-ethyl adjacent to an activating group) is 1. The van der Waals surface area contributed by atoms with Crippen LogP contribution in [0.15, 0.2) is 36.8 Å². The zero-order chi connectivity index (χ0) is 16.1. The van der Waals surface area contributed by atoms with Crippen LogP contribution < -0.4 is 9.80 Å². The molecule has 3 aromatic heterocycles. The lowest BCUT2D eigenvalue weighted by Gasteiger charge is -2.44. The third-order valence-electron chi connectivity index (χ3n) is 5.04. The molecule has 1 saturated carbocycles. The van der Waals surface area contributed by atoms with Gasteiger partial charge < -0.3 is 9.80 Å². The van der Waals surface area contributed by atoms with Gasteiger partial charge in [-0.15, -0.1) is 5.10 Å². The molecule has 0 unspecified atom stereocenters. The normalized spacial score (nSPS) is 18.0. The number of fused-ring (bicyclic) bond motifs is 1. The summed E-state index contributed by atoms with van der Waals surface area (Å²) >= 11 is 0. The van der Waals surface area contributed by atoms with Gasteiger partial charge in [0.15, 0.2) is 11.6 Å². The lowest BCUT2D eigenvalue weighted by Crippen LogP contribution is -2.59. The van der Waals surface area contributed by atoms with E-state index in [1.165, 1.54) is 12.8 Å². The highest BCUT2D eigenvalue weighted by atomic mass is 15.4. The van der Waals surface area contributed by atoms with Crippen molar-refractivity contribution in [3.05, 3.63) is 42.5 Å². The monoisotopic (exact) mass is 321 g/mol. The van der Waals surface area contributed by atoms with E-state index in [-0.39, 0.29) is 0 Å². The molecule has 0 atom stereocenters. The van der Waals surface area contributed by atoms with Crippen molar-refractivity contribution in [1.82, 2.24) is 24.8 Å². The Labute approximate surface area is 139 Å². The van der Waals surface area contributed by atoms with E-state index in [0.717, 1.165) is 35.9 Å². The topological polar surface area (TPSA) is 62.5 Å². The molecule has 1 saturated heterocycles. The highest BCUT2D eigenvalue weighted by molar-refractivity contribution is 5.69. The summed E-state index contributed by atoms with van der Waals surface area (Å²) in [4.78, 5) is 9.04. The van der Waals surface area contributed by atoms with Crippen molar-refractivity contribution >= 4 is 17.2 Å². The van der Waals surface area contributed by atoms with Crippen LogP contribution in [-0.2, 0) is 0 Å². The van der Waals surface area contributed by atoms with E-state index >= 15 is 0 Å². The van der Waals surface area contributed by atoms with Crippen LogP contribution in [0, 0.1) is 0 Å². The Morgan fingerprint density at radius 3 is 2.71 bits per heavy atom. The third kappa shape index (κ3) is 2.19. The van der Waals surface area contributed by atoms with Gasteiger partial charge in [-0.3, -0.25) is 0 Å². The van der Waals surface area contributed by atoms with E-state index in [4.69, 9.17) is 0 Å². The first kappa shape index (κ1) is 13.7. The van der Waals surface area contributed by atoms with Crippen LogP contribution in [0.2, 0.25) is 0 Å². The van der Waals surface area contributed by atoms with Gasteiger partial charge in [0.25, 0.3) is 0 Å². The summed E-state index contributed by atoms with van der Waals surface area (Å²) in [6.45, 7) is 1.87. The van der Waals surface area contributed by atoms with Crippen molar-refractivity contribution in [2.45, 2.75) is 24.8 Å². The molecule has 122 valence electrons. The maximum atomic E-state index is 4.54. The van der Waals surface area contributed by atoms with Gasteiger partial charge in [0.1, 0.15) is 5.52 Å². The Kier molecular flexibility index (Phi) is 2.95. The van der Waals surface area contributed by atoms with Crippen molar-refractivity contribution in [3.8, 4) is 0 Å². The van der Waals surface area contributed by atoms with Gasteiger partial charge in [0.05, 0.1) is 17.9 Å². The van der Waals surface area contributed by atoms with Crippen LogP contribution in [0.1, 0.15) is 24.5 Å². The Balaban J connectivity index is 1.29. The number of nitrogens with zero attached hydrogens (tertiary/aromatic N) is 7. The van der Waals surface area contributed by atoms with Gasteiger partial charge in [-0.25, -0.2) is 9.50 Å². The second-order valence-corrected chi connectivity index (χ2v) is 6.67. The summed E-state index contributed by atoms with van der Waals surface area (Å²) in [5.74, 6) is 2.60. The standard InChI is InChI=1S/C17H19N7/c1-22(17-15-6-7-19-24(15)9-8-18-17)13-10-23(11-13)16-5-4-14(20-21-16)12-2-3-12/h4-9,12-13H,2-3,10-11H2,1H3. The minimum atomic E-state index is 0.420. The molecular weight excluding hydrogens is 302 g/mol. The lowest BCUT2D eigenvalue weighted by atomic mass is 10.1. The molecule has 1 aliphatic heterocycles. The zero-order valence-corrected chi connectivity index (χ0v) is 13.6. The maximum absolute atomic E-state index is 4.54. The highest BCUT2D eigenvalue weighted by Crippen LogP contribution is 2.39. The fraction of sp³-hybridized carbons (Fsp3) is 0.412. The van der Waals surface area contributed by atoms with E-state index in [9.17, 15) is 0 Å². The average Bonchev–Trinajstić information content (AvgIpc) is 3.30. The molecule has 0 radical (unpaired) electrons. The predicted molar refractivity (Wildman–Crippen MR) is 91.4 cm³/mol. The van der Waals surface area contributed by atoms with Crippen molar-refractivity contribution in [2.75, 3.05) is 29.9 Å². The van der Waals surface area contributed by atoms with E-state index < -0.39 is 0 Å². The molecule has 24 heavy (non-hydrogen) atoms. The van der Waals surface area contributed by atoms with Crippen LogP contribution in [0.25, 0.3) is 5.52 Å². The minimum absolute atomic E-state index is 0.420. The van der Waals surface area contributed by atoms with Gasteiger partial charge in [-0.1, -0.05) is 0 Å². The Bertz CT molecular complexity index is 862. The molecule has 2 fully saturated rings. The van der Waals surface area contributed by atoms with Crippen molar-refractivity contribution in [3.63, 3.8) is 0 Å². The molecule has 0 N–H and O–H groups in total. The van der Waals surface area contributed by atoms with Crippen molar-refractivity contribution in [2.24, 2.45) is 0 Å². The summed E-state index contributed by atoms with van der Waals surface area (Å²) in [6, 6.07) is 6.65. The van der Waals surface area contributed by atoms with Gasteiger partial charge in [-0.05, 0) is 31.0 Å². The predicted octanol–water partition coefficient (Wildman–Crippen LogP) is 1.72. The van der Waals surface area contributed by atoms with E-state index in [1.54, 1.807) is 12.4 Å². The lowest BCUT2D eigenvalue weighted by molar-refractivity contribution is 0.488. The first-order chi connectivity index (χ1) is 11.8. The van der Waals surface area contributed by atoms with E-state index in [2.05, 4.69) is 49.3 Å². The molecule has 0 spiro atoms. The summed E-state index contributed by atoms with van der Waals surface area (Å²) in [7, 11) is 2.10. The maximum Gasteiger partial charge on any atom is 0.154 e. The minimum Gasteiger partial charge on any atom is -0.351 e. The molecular formula is C17H19N7. The molecule has 2 aliphatic rings. The summed E-state index contributed by atoms with van der Waals surface area (Å²) in [6.07, 6.45) is 8.00. The fourth-order valence-electron chi connectivity index (χ4n) is 3.28. The quantitative estimate of drug-likeness (QED) is 0.729. The molecule has 0 aromatic carbocycles. The van der Waals surface area contributed by atoms with Crippen molar-refractivity contribution in [1.29, 1.82) is 0 Å². The van der Waals surface area contributed by atoms with E-state index in [0.29, 0.717) is 12.0 Å². The molecule has 7 heteroatoms. The number of hydrogen-bond acceptors (Lipinski definition) is 6. The first-order valence-electron chi connectivity index (χ1n) is 8.39. The number of anilines is 2. The molecule has 7 nitrogen and oxygen atoms in total. The largest absolute Gasteiger partial charge is 0.351 e. The summed E-state index contributed by atoms with van der Waals surface area (Å²) in [5.41, 5.74) is 2.18. The van der Waals surface area contributed by atoms with Gasteiger partial charge >= 0.3 is 0 Å². The van der Waals surface area contributed by atoms with Crippen LogP contribution in [0.5, 0.6) is 0 Å². The molecule has 1 aliphatic carbocycles. The van der Waals surface area contributed by atoms with Crippen LogP contribution in [-0.4, -0.2) is 51.0 Å². The van der Waals surface area contributed by atoms with E-state index in [1.807, 2.05) is 16.8 Å². The van der Waals surface area contributed by atoms with Crippen LogP contribution >= 0.6 is 0 Å². The van der Waals surface area contributed by atoms with Crippen LogP contribution in [0.4, 0.5) is 11.6 Å². The van der Waals surface area contributed by atoms with Gasteiger partial charge in [0.2, 0.25) is 0 Å². The molecule has 4 heterocycles. The second-order valence-electron chi connectivity index (χ2n) is 6.67. The Hall–Kier alpha value is -2.70. The second kappa shape index (κ2) is 5.15. The Morgan fingerprint density at radius 1 is 1.08 bits per heavy atom. The smallest absolute Gasteiger partial charge is 0.154 e. The van der Waals surface area contributed by atoms with Crippen LogP contribution in [0.3, 0.4) is 0 Å². The van der Waals surface area contributed by atoms with Gasteiger partial charge in [-0.2, -0.15) is 10.2 Å². The van der Waals surface area contributed by atoms with Gasteiger partial charge in [0, 0.05) is 38.4 Å². The molecule has 0 bridgehead atoms. The molecule has 0 amide bonds. The Morgan fingerprint density at radius 2 is 1.96 bits per heavy atom. The summed E-state index contributed by atoms with van der Waals surface area (Å²) in [5, 5.41) is 13.1. The number of hydrogen-bond donors (Lipinski definition) is 0. The average molecular weight is 321 g/mol. The molecule has 5 rings (SSSR count). The number of rotatable bonds is 4. The number of aromatic nitrogens is 5. The third-order valence-corrected chi connectivity index (χ3v) is 5.04. The highest BCUT2D eigenvalue weighted by Gasteiger charge is 2.33. The zero-order valence-electron chi connectivity index (χ0n) is 13.6. The fourth-order valence-corrected chi connectivity index (χ4v) is 3.28.